The van der Waals surface area contributed by atoms with E-state index in [-0.39, 0.29) is 19.7 Å². The molecule has 2 rings (SSSR count). The molecule has 0 spiro atoms. The molecular weight excluding hydrogens is 295 g/mol. The molecule has 0 unspecified atom stereocenters. The van der Waals surface area contributed by atoms with E-state index in [4.69, 9.17) is 5.11 Å². The minimum Gasteiger partial charge on any atom is -0.396 e. The van der Waals surface area contributed by atoms with Gasteiger partial charge in [0.05, 0.1) is 12.2 Å². The fourth-order valence-corrected chi connectivity index (χ4v) is 2.20. The van der Waals surface area contributed by atoms with E-state index in [1.54, 1.807) is 6.07 Å². The zero-order valence-corrected chi connectivity index (χ0v) is 12.0. The highest BCUT2D eigenvalue weighted by Crippen LogP contribution is 2.20. The maximum Gasteiger partial charge on any atom is 0.401 e. The number of nitrogens with one attached hydrogen (secondary N) is 1. The summed E-state index contributed by atoms with van der Waals surface area (Å²) in [4.78, 5) is 1.25. The molecular formula is C15H18F3N3O. The molecule has 22 heavy (non-hydrogen) atoms. The van der Waals surface area contributed by atoms with Crippen molar-refractivity contribution in [1.29, 1.82) is 0 Å². The molecule has 4 nitrogen and oxygen atoms in total. The van der Waals surface area contributed by atoms with Crippen molar-refractivity contribution in [2.75, 3.05) is 19.7 Å². The smallest absolute Gasteiger partial charge is 0.396 e. The highest BCUT2D eigenvalue weighted by molar-refractivity contribution is 5.58. The number of hydrogen-bond acceptors (Lipinski definition) is 3. The molecule has 1 aromatic heterocycles. The van der Waals surface area contributed by atoms with Gasteiger partial charge in [0.25, 0.3) is 0 Å². The van der Waals surface area contributed by atoms with Crippen LogP contribution in [-0.2, 0) is 6.54 Å². The molecule has 7 heteroatoms. The lowest BCUT2D eigenvalue weighted by molar-refractivity contribution is -0.147. The van der Waals surface area contributed by atoms with Crippen LogP contribution in [0, 0.1) is 0 Å². The Hall–Kier alpha value is -1.86. The quantitative estimate of drug-likeness (QED) is 0.826. The molecule has 0 saturated carbocycles. The average molecular weight is 313 g/mol. The zero-order valence-electron chi connectivity index (χ0n) is 12.0. The number of nitrogens with zero attached hydrogens (tertiary/aromatic N) is 2. The van der Waals surface area contributed by atoms with Gasteiger partial charge in [-0.15, -0.1) is 0 Å². The Morgan fingerprint density at radius 3 is 2.55 bits per heavy atom. The van der Waals surface area contributed by atoms with E-state index in [1.165, 1.54) is 4.90 Å². The van der Waals surface area contributed by atoms with Crippen LogP contribution in [0.15, 0.2) is 36.4 Å². The summed E-state index contributed by atoms with van der Waals surface area (Å²) in [5.74, 6) is 0. The molecule has 0 atom stereocenters. The number of aliphatic hydroxyl groups is 1. The summed E-state index contributed by atoms with van der Waals surface area (Å²) in [6, 6.07) is 11.2. The fourth-order valence-electron chi connectivity index (χ4n) is 2.20. The summed E-state index contributed by atoms with van der Waals surface area (Å²) in [6.45, 7) is -0.853. The highest BCUT2D eigenvalue weighted by Gasteiger charge is 2.30. The lowest BCUT2D eigenvalue weighted by Crippen LogP contribution is -2.35. The van der Waals surface area contributed by atoms with E-state index >= 15 is 0 Å². The first-order valence-corrected chi connectivity index (χ1v) is 6.97. The van der Waals surface area contributed by atoms with Gasteiger partial charge >= 0.3 is 6.18 Å². The number of aliphatic hydroxyl groups excluding tert-OH is 1. The Morgan fingerprint density at radius 1 is 1.18 bits per heavy atom. The average Bonchev–Trinajstić information content (AvgIpc) is 2.93. The van der Waals surface area contributed by atoms with Crippen molar-refractivity contribution in [3.8, 4) is 11.3 Å². The van der Waals surface area contributed by atoms with Crippen LogP contribution in [0.5, 0.6) is 0 Å². The third-order valence-corrected chi connectivity index (χ3v) is 3.13. The summed E-state index contributed by atoms with van der Waals surface area (Å²) < 4.78 is 37.7. The molecule has 0 amide bonds. The van der Waals surface area contributed by atoms with Crippen molar-refractivity contribution >= 4 is 0 Å². The highest BCUT2D eigenvalue weighted by atomic mass is 19.4. The van der Waals surface area contributed by atoms with Gasteiger partial charge in [-0.25, -0.2) is 0 Å². The van der Waals surface area contributed by atoms with Gasteiger partial charge in [0, 0.05) is 31.0 Å². The SMILES string of the molecule is OCCCN(Cc1cc(-c2ccccc2)n[nH]1)CC(F)(F)F. The molecule has 0 saturated heterocycles. The van der Waals surface area contributed by atoms with Crippen LogP contribution in [0.25, 0.3) is 11.3 Å². The van der Waals surface area contributed by atoms with Gasteiger partial charge in [-0.1, -0.05) is 30.3 Å². The van der Waals surface area contributed by atoms with Crippen molar-refractivity contribution < 1.29 is 18.3 Å². The summed E-state index contributed by atoms with van der Waals surface area (Å²) in [6.07, 6.45) is -3.96. The number of benzene rings is 1. The maximum atomic E-state index is 12.6. The van der Waals surface area contributed by atoms with Gasteiger partial charge in [-0.2, -0.15) is 18.3 Å². The number of alkyl halides is 3. The van der Waals surface area contributed by atoms with Gasteiger partial charge in [-0.05, 0) is 12.5 Å². The van der Waals surface area contributed by atoms with Crippen molar-refractivity contribution in [1.82, 2.24) is 15.1 Å². The molecule has 120 valence electrons. The van der Waals surface area contributed by atoms with Crippen molar-refractivity contribution in [2.24, 2.45) is 0 Å². The maximum absolute atomic E-state index is 12.6. The third-order valence-electron chi connectivity index (χ3n) is 3.13. The van der Waals surface area contributed by atoms with Gasteiger partial charge < -0.3 is 5.11 Å². The van der Waals surface area contributed by atoms with E-state index in [2.05, 4.69) is 10.2 Å². The van der Waals surface area contributed by atoms with Crippen molar-refractivity contribution in [2.45, 2.75) is 19.1 Å². The van der Waals surface area contributed by atoms with E-state index in [9.17, 15) is 13.2 Å². The monoisotopic (exact) mass is 313 g/mol. The first-order valence-electron chi connectivity index (χ1n) is 6.97. The number of halogens is 3. The Morgan fingerprint density at radius 2 is 1.91 bits per heavy atom. The lowest BCUT2D eigenvalue weighted by Gasteiger charge is -2.22. The summed E-state index contributed by atoms with van der Waals surface area (Å²) in [5, 5.41) is 15.7. The molecule has 0 bridgehead atoms. The molecule has 0 aliphatic heterocycles. The minimum atomic E-state index is -4.27. The van der Waals surface area contributed by atoms with Crippen molar-refractivity contribution in [3.05, 3.63) is 42.1 Å². The second-order valence-electron chi connectivity index (χ2n) is 5.05. The number of hydrogen-bond donors (Lipinski definition) is 2. The molecule has 2 N–H and O–H groups in total. The number of aromatic amines is 1. The van der Waals surface area contributed by atoms with Crippen LogP contribution in [0.4, 0.5) is 13.2 Å². The second-order valence-corrected chi connectivity index (χ2v) is 5.05. The zero-order chi connectivity index (χ0) is 16.0. The molecule has 2 aromatic rings. The van der Waals surface area contributed by atoms with E-state index in [1.807, 2.05) is 30.3 Å². The number of H-pyrrole nitrogens is 1. The van der Waals surface area contributed by atoms with E-state index < -0.39 is 12.7 Å². The number of aromatic nitrogens is 2. The molecule has 0 aliphatic rings. The first kappa shape index (κ1) is 16.5. The topological polar surface area (TPSA) is 52.1 Å². The molecule has 1 aromatic carbocycles. The number of rotatable bonds is 7. The van der Waals surface area contributed by atoms with Crippen LogP contribution in [0.2, 0.25) is 0 Å². The van der Waals surface area contributed by atoms with Gasteiger partial charge in [-0.3, -0.25) is 10.00 Å². The predicted molar refractivity (Wildman–Crippen MR) is 77.1 cm³/mol. The van der Waals surface area contributed by atoms with Crippen LogP contribution in [-0.4, -0.2) is 46.1 Å². The minimum absolute atomic E-state index is 0.110. The largest absolute Gasteiger partial charge is 0.401 e. The van der Waals surface area contributed by atoms with Gasteiger partial charge in [0.15, 0.2) is 0 Å². The third kappa shape index (κ3) is 5.16. The van der Waals surface area contributed by atoms with Gasteiger partial charge in [0.2, 0.25) is 0 Å². The Balaban J connectivity index is 2.05. The Labute approximate surface area is 126 Å². The Bertz CT molecular complexity index is 569. The normalized spacial score (nSPS) is 12.0. The van der Waals surface area contributed by atoms with Crippen LogP contribution in [0.3, 0.4) is 0 Å². The summed E-state index contributed by atoms with van der Waals surface area (Å²) in [7, 11) is 0. The predicted octanol–water partition coefficient (Wildman–Crippen LogP) is 2.82. The fraction of sp³-hybridized carbons (Fsp3) is 0.400. The standard InChI is InChI=1S/C15H18F3N3O/c16-15(17,18)11-21(7-4-8-22)10-13-9-14(20-19-13)12-5-2-1-3-6-12/h1-3,5-6,9,22H,4,7-8,10-11H2,(H,19,20). The van der Waals surface area contributed by atoms with Crippen LogP contribution < -0.4 is 0 Å². The Kier molecular flexibility index (Phi) is 5.57. The first-order chi connectivity index (χ1) is 10.5. The van der Waals surface area contributed by atoms with Crippen LogP contribution in [0.1, 0.15) is 12.1 Å². The van der Waals surface area contributed by atoms with E-state index in [0.29, 0.717) is 17.8 Å². The van der Waals surface area contributed by atoms with Crippen LogP contribution >= 0.6 is 0 Å². The molecule has 0 radical (unpaired) electrons. The van der Waals surface area contributed by atoms with Gasteiger partial charge in [0.1, 0.15) is 0 Å². The van der Waals surface area contributed by atoms with E-state index in [0.717, 1.165) is 5.56 Å². The molecule has 0 fully saturated rings. The lowest BCUT2D eigenvalue weighted by atomic mass is 10.1. The second kappa shape index (κ2) is 7.42. The molecule has 0 aliphatic carbocycles. The molecule has 1 heterocycles. The summed E-state index contributed by atoms with van der Waals surface area (Å²) >= 11 is 0. The summed E-state index contributed by atoms with van der Waals surface area (Å²) in [5.41, 5.74) is 2.22. The van der Waals surface area contributed by atoms with Crippen molar-refractivity contribution in [3.63, 3.8) is 0 Å².